The van der Waals surface area contributed by atoms with Gasteiger partial charge in [0.15, 0.2) is 0 Å². The van der Waals surface area contributed by atoms with Crippen LogP contribution in [0.5, 0.6) is 5.75 Å². The van der Waals surface area contributed by atoms with Gasteiger partial charge in [-0.15, -0.1) is 0 Å². The number of aromatic nitrogens is 3. The molecule has 25 heavy (non-hydrogen) atoms. The second-order valence-electron chi connectivity index (χ2n) is 5.12. The van der Waals surface area contributed by atoms with E-state index in [1.807, 2.05) is 18.2 Å². The van der Waals surface area contributed by atoms with Crippen molar-refractivity contribution in [2.24, 2.45) is 0 Å². The molecule has 7 heteroatoms. The fraction of sp³-hybridized carbons (Fsp3) is 0.111. The Morgan fingerprint density at radius 1 is 1.04 bits per heavy atom. The van der Waals surface area contributed by atoms with E-state index < -0.39 is 0 Å². The molecule has 2 aromatic heterocycles. The lowest BCUT2D eigenvalue weighted by molar-refractivity contribution is 0.102. The van der Waals surface area contributed by atoms with E-state index in [-0.39, 0.29) is 11.6 Å². The molecule has 7 nitrogen and oxygen atoms in total. The minimum absolute atomic E-state index is 0.273. The number of anilines is 2. The molecule has 0 spiro atoms. The van der Waals surface area contributed by atoms with Gasteiger partial charge >= 0.3 is 0 Å². The van der Waals surface area contributed by atoms with Crippen LogP contribution in [0, 0.1) is 0 Å². The van der Waals surface area contributed by atoms with Crippen molar-refractivity contribution in [2.45, 2.75) is 6.54 Å². The third kappa shape index (κ3) is 4.51. The average Bonchev–Trinajstić information content (AvgIpc) is 2.68. The predicted octanol–water partition coefficient (Wildman–Crippen LogP) is 2.74. The fourth-order valence-electron chi connectivity index (χ4n) is 2.11. The molecule has 3 rings (SSSR count). The Hall–Kier alpha value is -3.48. The van der Waals surface area contributed by atoms with Crippen LogP contribution in [-0.4, -0.2) is 28.0 Å². The van der Waals surface area contributed by atoms with E-state index in [4.69, 9.17) is 4.74 Å². The molecule has 0 aliphatic rings. The van der Waals surface area contributed by atoms with E-state index in [2.05, 4.69) is 25.6 Å². The van der Waals surface area contributed by atoms with Crippen LogP contribution in [-0.2, 0) is 6.54 Å². The summed E-state index contributed by atoms with van der Waals surface area (Å²) < 4.78 is 5.09. The highest BCUT2D eigenvalue weighted by Crippen LogP contribution is 2.15. The molecule has 0 unspecified atom stereocenters. The summed E-state index contributed by atoms with van der Waals surface area (Å²) in [7, 11) is 1.59. The van der Waals surface area contributed by atoms with Crippen LogP contribution in [0.4, 0.5) is 11.6 Å². The standard InChI is InChI=1S/C18H17N5O2/c1-25-15-7-5-13(6-8-15)22-17(24)16-9-11-20-18(23-16)21-12-14-4-2-3-10-19-14/h2-11H,12H2,1H3,(H,22,24)(H,20,21,23). The quantitative estimate of drug-likeness (QED) is 0.720. The van der Waals surface area contributed by atoms with Gasteiger partial charge in [0.2, 0.25) is 5.95 Å². The molecule has 3 aromatic rings. The van der Waals surface area contributed by atoms with Gasteiger partial charge in [0.05, 0.1) is 19.3 Å². The summed E-state index contributed by atoms with van der Waals surface area (Å²) in [5.41, 5.74) is 1.79. The minimum atomic E-state index is -0.312. The van der Waals surface area contributed by atoms with Gasteiger partial charge in [-0.1, -0.05) is 6.07 Å². The monoisotopic (exact) mass is 335 g/mol. The van der Waals surface area contributed by atoms with Crippen molar-refractivity contribution in [2.75, 3.05) is 17.7 Å². The van der Waals surface area contributed by atoms with Crippen LogP contribution >= 0.6 is 0 Å². The van der Waals surface area contributed by atoms with Crippen LogP contribution in [0.1, 0.15) is 16.2 Å². The second kappa shape index (κ2) is 7.87. The SMILES string of the molecule is COc1ccc(NC(=O)c2ccnc(NCc3ccccn3)n2)cc1. The number of nitrogens with zero attached hydrogens (tertiary/aromatic N) is 3. The van der Waals surface area contributed by atoms with Crippen molar-refractivity contribution >= 4 is 17.5 Å². The Bertz CT molecular complexity index is 838. The van der Waals surface area contributed by atoms with Crippen molar-refractivity contribution < 1.29 is 9.53 Å². The molecule has 1 amide bonds. The number of amides is 1. The zero-order valence-corrected chi connectivity index (χ0v) is 13.6. The van der Waals surface area contributed by atoms with E-state index in [1.165, 1.54) is 6.20 Å². The van der Waals surface area contributed by atoms with E-state index in [0.29, 0.717) is 18.2 Å². The number of nitrogens with one attached hydrogen (secondary N) is 2. The lowest BCUT2D eigenvalue weighted by Crippen LogP contribution is -2.15. The summed E-state index contributed by atoms with van der Waals surface area (Å²) in [6, 6.07) is 14.3. The van der Waals surface area contributed by atoms with Gasteiger partial charge in [-0.3, -0.25) is 9.78 Å². The molecule has 1 aromatic carbocycles. The molecule has 0 saturated carbocycles. The second-order valence-corrected chi connectivity index (χ2v) is 5.12. The van der Waals surface area contributed by atoms with Gasteiger partial charge in [0.1, 0.15) is 11.4 Å². The summed E-state index contributed by atoms with van der Waals surface area (Å²) >= 11 is 0. The first-order chi connectivity index (χ1) is 12.2. The Kier molecular flexibility index (Phi) is 5.16. The first-order valence-corrected chi connectivity index (χ1v) is 7.67. The van der Waals surface area contributed by atoms with Gasteiger partial charge in [0, 0.05) is 18.1 Å². The number of carbonyl (C=O) groups is 1. The van der Waals surface area contributed by atoms with Gasteiger partial charge in [0.25, 0.3) is 5.91 Å². The maximum Gasteiger partial charge on any atom is 0.274 e. The number of hydrogen-bond donors (Lipinski definition) is 2. The van der Waals surface area contributed by atoms with Crippen molar-refractivity contribution in [3.8, 4) is 5.75 Å². The molecule has 0 aliphatic carbocycles. The van der Waals surface area contributed by atoms with Crippen LogP contribution < -0.4 is 15.4 Å². The molecule has 0 aliphatic heterocycles. The summed E-state index contributed by atoms with van der Waals surface area (Å²) in [5.74, 6) is 0.780. The highest BCUT2D eigenvalue weighted by Gasteiger charge is 2.09. The van der Waals surface area contributed by atoms with Crippen LogP contribution in [0.25, 0.3) is 0 Å². The Morgan fingerprint density at radius 3 is 2.60 bits per heavy atom. The van der Waals surface area contributed by atoms with E-state index in [9.17, 15) is 4.79 Å². The predicted molar refractivity (Wildman–Crippen MR) is 94.5 cm³/mol. The highest BCUT2D eigenvalue weighted by atomic mass is 16.5. The first-order valence-electron chi connectivity index (χ1n) is 7.67. The Morgan fingerprint density at radius 2 is 1.88 bits per heavy atom. The minimum Gasteiger partial charge on any atom is -0.497 e. The van der Waals surface area contributed by atoms with E-state index >= 15 is 0 Å². The highest BCUT2D eigenvalue weighted by molar-refractivity contribution is 6.02. The number of carbonyl (C=O) groups excluding carboxylic acids is 1. The fourth-order valence-corrected chi connectivity index (χ4v) is 2.11. The Balaban J connectivity index is 1.64. The van der Waals surface area contributed by atoms with Crippen molar-refractivity contribution in [3.63, 3.8) is 0 Å². The first kappa shape index (κ1) is 16.4. The van der Waals surface area contributed by atoms with Crippen molar-refractivity contribution in [1.82, 2.24) is 15.0 Å². The van der Waals surface area contributed by atoms with Crippen molar-refractivity contribution in [1.29, 1.82) is 0 Å². The van der Waals surface area contributed by atoms with E-state index in [1.54, 1.807) is 43.6 Å². The normalized spacial score (nSPS) is 10.1. The van der Waals surface area contributed by atoms with Gasteiger partial charge in [-0.2, -0.15) is 0 Å². The number of benzene rings is 1. The molecule has 0 saturated heterocycles. The zero-order chi connectivity index (χ0) is 17.5. The summed E-state index contributed by atoms with van der Waals surface area (Å²) in [6.07, 6.45) is 3.26. The molecular formula is C18H17N5O2. The molecule has 0 fully saturated rings. The molecule has 0 bridgehead atoms. The lowest BCUT2D eigenvalue weighted by Gasteiger charge is -2.08. The van der Waals surface area contributed by atoms with Gasteiger partial charge in [-0.25, -0.2) is 9.97 Å². The summed E-state index contributed by atoms with van der Waals surface area (Å²) in [6.45, 7) is 0.477. The third-order valence-corrected chi connectivity index (χ3v) is 3.39. The zero-order valence-electron chi connectivity index (χ0n) is 13.6. The maximum atomic E-state index is 12.3. The largest absolute Gasteiger partial charge is 0.497 e. The summed E-state index contributed by atoms with van der Waals surface area (Å²) in [5, 5.41) is 5.84. The molecular weight excluding hydrogens is 318 g/mol. The molecule has 2 N–H and O–H groups in total. The Labute approximate surface area is 145 Å². The average molecular weight is 335 g/mol. The molecule has 126 valence electrons. The lowest BCUT2D eigenvalue weighted by atomic mass is 10.3. The van der Waals surface area contributed by atoms with Crippen LogP contribution in [0.15, 0.2) is 60.9 Å². The third-order valence-electron chi connectivity index (χ3n) is 3.39. The van der Waals surface area contributed by atoms with Crippen LogP contribution in [0.3, 0.4) is 0 Å². The maximum absolute atomic E-state index is 12.3. The number of pyridine rings is 1. The summed E-state index contributed by atoms with van der Waals surface area (Å²) in [4.78, 5) is 24.9. The van der Waals surface area contributed by atoms with Gasteiger partial charge in [-0.05, 0) is 42.5 Å². The van der Waals surface area contributed by atoms with E-state index in [0.717, 1.165) is 11.4 Å². The molecule has 0 atom stereocenters. The van der Waals surface area contributed by atoms with Crippen LogP contribution in [0.2, 0.25) is 0 Å². The number of hydrogen-bond acceptors (Lipinski definition) is 6. The topological polar surface area (TPSA) is 89.0 Å². The smallest absolute Gasteiger partial charge is 0.274 e. The molecule has 2 heterocycles. The number of rotatable bonds is 6. The van der Waals surface area contributed by atoms with Crippen molar-refractivity contribution in [3.05, 3.63) is 72.3 Å². The number of methoxy groups -OCH3 is 1. The van der Waals surface area contributed by atoms with Gasteiger partial charge < -0.3 is 15.4 Å². The number of ether oxygens (including phenoxy) is 1. The molecule has 0 radical (unpaired) electrons.